The van der Waals surface area contributed by atoms with Crippen molar-refractivity contribution in [2.24, 2.45) is 0 Å². The smallest absolute Gasteiger partial charge is 0.0316 e. The van der Waals surface area contributed by atoms with Crippen molar-refractivity contribution >= 4 is 22.9 Å². The van der Waals surface area contributed by atoms with Crippen molar-refractivity contribution in [3.05, 3.63) is 21.9 Å². The van der Waals surface area contributed by atoms with Gasteiger partial charge in [0.2, 0.25) is 0 Å². The molecule has 1 rings (SSSR count). The molecule has 0 aromatic carbocycles. The van der Waals surface area contributed by atoms with Crippen LogP contribution in [-0.2, 0) is 5.41 Å². The van der Waals surface area contributed by atoms with Crippen molar-refractivity contribution in [1.82, 2.24) is 0 Å². The summed E-state index contributed by atoms with van der Waals surface area (Å²) in [7, 11) is 0. The molecule has 0 aliphatic heterocycles. The summed E-state index contributed by atoms with van der Waals surface area (Å²) >= 11 is 7.85. The van der Waals surface area contributed by atoms with Gasteiger partial charge in [-0.05, 0) is 42.7 Å². The van der Waals surface area contributed by atoms with Crippen LogP contribution in [0, 0.1) is 6.92 Å². The lowest BCUT2D eigenvalue weighted by atomic mass is 9.81. The van der Waals surface area contributed by atoms with Gasteiger partial charge < -0.3 is 0 Å². The number of halogens is 1. The molecule has 0 fully saturated rings. The summed E-state index contributed by atoms with van der Waals surface area (Å²) in [5.74, 6) is 0. The molecule has 1 aromatic rings. The van der Waals surface area contributed by atoms with E-state index in [4.69, 9.17) is 11.6 Å². The third kappa shape index (κ3) is 2.72. The van der Waals surface area contributed by atoms with Crippen molar-refractivity contribution < 1.29 is 0 Å². The molecule has 0 amide bonds. The normalized spacial score (nSPS) is 14.5. The third-order valence-electron chi connectivity index (χ3n) is 2.38. The van der Waals surface area contributed by atoms with Gasteiger partial charge >= 0.3 is 0 Å². The Balaban J connectivity index is 2.87. The van der Waals surface area contributed by atoms with Gasteiger partial charge in [-0.25, -0.2) is 0 Å². The third-order valence-corrected chi connectivity index (χ3v) is 3.38. The summed E-state index contributed by atoms with van der Waals surface area (Å²) in [6.07, 6.45) is 1.03. The first-order valence-corrected chi connectivity index (χ1v) is 5.94. The molecule has 0 nitrogen and oxygen atoms in total. The molecular formula is C11H17ClS. The van der Waals surface area contributed by atoms with Crippen LogP contribution in [0.2, 0.25) is 0 Å². The molecule has 1 heterocycles. The molecule has 2 heteroatoms. The van der Waals surface area contributed by atoms with E-state index in [1.165, 1.54) is 10.4 Å². The second-order valence-corrected chi connectivity index (χ2v) is 6.12. The maximum Gasteiger partial charge on any atom is 0.0316 e. The summed E-state index contributed by atoms with van der Waals surface area (Å²) in [6, 6.07) is 2.22. The van der Waals surface area contributed by atoms with Crippen LogP contribution in [0.15, 0.2) is 11.4 Å². The molecule has 0 bridgehead atoms. The molecule has 0 aliphatic rings. The van der Waals surface area contributed by atoms with Crippen LogP contribution < -0.4 is 0 Å². The van der Waals surface area contributed by atoms with Crippen molar-refractivity contribution in [3.8, 4) is 0 Å². The molecule has 0 radical (unpaired) electrons. The van der Waals surface area contributed by atoms with E-state index in [0.29, 0.717) is 0 Å². The molecule has 0 N–H and O–H groups in total. The molecule has 13 heavy (non-hydrogen) atoms. The summed E-state index contributed by atoms with van der Waals surface area (Å²) < 4.78 is 0. The van der Waals surface area contributed by atoms with E-state index in [-0.39, 0.29) is 10.8 Å². The first kappa shape index (κ1) is 11.1. The minimum atomic E-state index is 0.214. The molecule has 74 valence electrons. The van der Waals surface area contributed by atoms with Gasteiger partial charge in [0.25, 0.3) is 0 Å². The standard InChI is InChI=1S/C11H17ClS/c1-8(12)7-11(3,4)10-5-6-13-9(10)2/h5-6,8H,7H2,1-4H3. The van der Waals surface area contributed by atoms with Gasteiger partial charge in [0.1, 0.15) is 0 Å². The SMILES string of the molecule is Cc1sccc1C(C)(C)CC(C)Cl. The fraction of sp³-hybridized carbons (Fsp3) is 0.636. The maximum atomic E-state index is 6.03. The second-order valence-electron chi connectivity index (χ2n) is 4.26. The quantitative estimate of drug-likeness (QED) is 0.659. The summed E-state index contributed by atoms with van der Waals surface area (Å²) in [5.41, 5.74) is 1.66. The maximum absolute atomic E-state index is 6.03. The van der Waals surface area contributed by atoms with E-state index in [0.717, 1.165) is 6.42 Å². The lowest BCUT2D eigenvalue weighted by Crippen LogP contribution is -2.20. The second kappa shape index (κ2) is 4.02. The number of thiophene rings is 1. The number of hydrogen-bond acceptors (Lipinski definition) is 1. The van der Waals surface area contributed by atoms with Crippen molar-refractivity contribution in [1.29, 1.82) is 0 Å². The highest BCUT2D eigenvalue weighted by Gasteiger charge is 2.24. The first-order valence-electron chi connectivity index (χ1n) is 4.62. The molecule has 0 saturated heterocycles. The van der Waals surface area contributed by atoms with Gasteiger partial charge in [-0.15, -0.1) is 22.9 Å². The lowest BCUT2D eigenvalue weighted by Gasteiger charge is -2.26. The van der Waals surface area contributed by atoms with Crippen LogP contribution in [0.25, 0.3) is 0 Å². The zero-order valence-electron chi connectivity index (χ0n) is 8.73. The van der Waals surface area contributed by atoms with Crippen LogP contribution >= 0.6 is 22.9 Å². The van der Waals surface area contributed by atoms with Crippen LogP contribution in [-0.4, -0.2) is 5.38 Å². The molecular weight excluding hydrogens is 200 g/mol. The molecule has 0 spiro atoms. The van der Waals surface area contributed by atoms with E-state index in [9.17, 15) is 0 Å². The van der Waals surface area contributed by atoms with Crippen molar-refractivity contribution in [2.75, 3.05) is 0 Å². The van der Waals surface area contributed by atoms with Crippen LogP contribution in [0.3, 0.4) is 0 Å². The predicted molar refractivity (Wildman–Crippen MR) is 62.0 cm³/mol. The Bertz CT molecular complexity index is 273. The van der Waals surface area contributed by atoms with Crippen molar-refractivity contribution in [3.63, 3.8) is 0 Å². The van der Waals surface area contributed by atoms with Crippen LogP contribution in [0.1, 0.15) is 37.6 Å². The Morgan fingerprint density at radius 1 is 1.54 bits per heavy atom. The summed E-state index contributed by atoms with van der Waals surface area (Å²) in [4.78, 5) is 1.42. The Morgan fingerprint density at radius 3 is 2.54 bits per heavy atom. The number of hydrogen-bond donors (Lipinski definition) is 0. The molecule has 1 unspecified atom stereocenters. The average molecular weight is 217 g/mol. The van der Waals surface area contributed by atoms with Gasteiger partial charge in [-0.1, -0.05) is 13.8 Å². The van der Waals surface area contributed by atoms with Gasteiger partial charge in [-0.2, -0.15) is 0 Å². The highest BCUT2D eigenvalue weighted by molar-refractivity contribution is 7.10. The molecule has 1 aromatic heterocycles. The van der Waals surface area contributed by atoms with E-state index in [2.05, 4.69) is 39.1 Å². The first-order chi connectivity index (χ1) is 5.93. The highest BCUT2D eigenvalue weighted by Crippen LogP contribution is 2.34. The number of aryl methyl sites for hydroxylation is 1. The Kier molecular flexibility index (Phi) is 3.42. The summed E-state index contributed by atoms with van der Waals surface area (Å²) in [6.45, 7) is 8.77. The van der Waals surface area contributed by atoms with Crippen LogP contribution in [0.5, 0.6) is 0 Å². The monoisotopic (exact) mass is 216 g/mol. The zero-order chi connectivity index (χ0) is 10.1. The van der Waals surface area contributed by atoms with Gasteiger partial charge in [0.15, 0.2) is 0 Å². The fourth-order valence-corrected chi connectivity index (χ4v) is 3.17. The molecule has 1 atom stereocenters. The molecule has 0 aliphatic carbocycles. The Labute approximate surface area is 89.9 Å². The highest BCUT2D eigenvalue weighted by atomic mass is 35.5. The van der Waals surface area contributed by atoms with E-state index in [1.807, 2.05) is 11.3 Å². The zero-order valence-corrected chi connectivity index (χ0v) is 10.3. The summed E-state index contributed by atoms with van der Waals surface area (Å²) in [5, 5.41) is 2.40. The largest absolute Gasteiger partial charge is 0.149 e. The number of alkyl halides is 1. The van der Waals surface area contributed by atoms with Gasteiger partial charge in [0.05, 0.1) is 0 Å². The van der Waals surface area contributed by atoms with Gasteiger partial charge in [-0.3, -0.25) is 0 Å². The average Bonchev–Trinajstić information content (AvgIpc) is 2.32. The van der Waals surface area contributed by atoms with E-state index >= 15 is 0 Å². The van der Waals surface area contributed by atoms with Gasteiger partial charge in [0, 0.05) is 10.3 Å². The van der Waals surface area contributed by atoms with Crippen LogP contribution in [0.4, 0.5) is 0 Å². The lowest BCUT2D eigenvalue weighted by molar-refractivity contribution is 0.476. The van der Waals surface area contributed by atoms with E-state index in [1.54, 1.807) is 0 Å². The number of rotatable bonds is 3. The molecule has 0 saturated carbocycles. The van der Waals surface area contributed by atoms with E-state index < -0.39 is 0 Å². The topological polar surface area (TPSA) is 0 Å². The predicted octanol–water partition coefficient (Wildman–Crippen LogP) is 4.35. The minimum Gasteiger partial charge on any atom is -0.149 e. The minimum absolute atomic E-state index is 0.214. The Morgan fingerprint density at radius 2 is 2.15 bits per heavy atom. The van der Waals surface area contributed by atoms with Crippen molar-refractivity contribution in [2.45, 2.75) is 44.9 Å². The fourth-order valence-electron chi connectivity index (χ4n) is 1.90. The Hall–Kier alpha value is -0.0100.